The van der Waals surface area contributed by atoms with Gasteiger partial charge < -0.3 is 20.7 Å². The van der Waals surface area contributed by atoms with Crippen LogP contribution in [-0.2, 0) is 4.74 Å². The number of hydrogen-bond acceptors (Lipinski definition) is 5. The molecule has 2 rings (SSSR count). The van der Waals surface area contributed by atoms with Crippen molar-refractivity contribution in [3.05, 3.63) is 18.5 Å². The molecule has 1 aromatic heterocycles. The molecule has 2 unspecified atom stereocenters. The molecule has 1 aliphatic rings. The number of piperidine rings is 1. The van der Waals surface area contributed by atoms with Crippen LogP contribution in [0, 0.1) is 5.92 Å². The summed E-state index contributed by atoms with van der Waals surface area (Å²) in [5, 5.41) is 2.97. The lowest BCUT2D eigenvalue weighted by molar-refractivity contribution is 0.0495. The maximum absolute atomic E-state index is 12.0. The lowest BCUT2D eigenvalue weighted by atomic mass is 9.95. The summed E-state index contributed by atoms with van der Waals surface area (Å²) in [5.41, 5.74) is 7.15. The summed E-state index contributed by atoms with van der Waals surface area (Å²) in [6, 6.07) is 1.96. The summed E-state index contributed by atoms with van der Waals surface area (Å²) >= 11 is 0. The zero-order chi connectivity index (χ0) is 16.3. The van der Waals surface area contributed by atoms with Crippen molar-refractivity contribution < 1.29 is 9.53 Å². The minimum absolute atomic E-state index is 0.0474. The van der Waals surface area contributed by atoms with Crippen molar-refractivity contribution in [3.63, 3.8) is 0 Å². The average molecular weight is 306 g/mol. The van der Waals surface area contributed by atoms with E-state index in [-0.39, 0.29) is 12.1 Å². The number of nitrogens with two attached hydrogens (primary N) is 1. The number of amides is 1. The van der Waals surface area contributed by atoms with Gasteiger partial charge in [0, 0.05) is 25.3 Å². The molecule has 2 atom stereocenters. The van der Waals surface area contributed by atoms with Crippen LogP contribution < -0.4 is 16.0 Å². The van der Waals surface area contributed by atoms with E-state index in [4.69, 9.17) is 10.5 Å². The number of alkyl carbamates (subject to hydrolysis) is 1. The lowest BCUT2D eigenvalue weighted by Gasteiger charge is -2.38. The highest BCUT2D eigenvalue weighted by molar-refractivity contribution is 5.69. The van der Waals surface area contributed by atoms with Crippen LogP contribution in [0.2, 0.25) is 0 Å². The number of nitrogens with one attached hydrogen (secondary N) is 1. The molecular formula is C16H26N4O2. The van der Waals surface area contributed by atoms with E-state index in [2.05, 4.69) is 22.1 Å². The Morgan fingerprint density at radius 2 is 2.18 bits per heavy atom. The van der Waals surface area contributed by atoms with Crippen LogP contribution in [0.15, 0.2) is 18.5 Å². The monoisotopic (exact) mass is 306 g/mol. The van der Waals surface area contributed by atoms with E-state index in [1.54, 1.807) is 12.4 Å². The largest absolute Gasteiger partial charge is 0.444 e. The first-order valence-corrected chi connectivity index (χ1v) is 7.68. The van der Waals surface area contributed by atoms with Crippen LogP contribution in [0.5, 0.6) is 0 Å². The van der Waals surface area contributed by atoms with Gasteiger partial charge in [0.2, 0.25) is 0 Å². The van der Waals surface area contributed by atoms with Gasteiger partial charge in [-0.05, 0) is 39.2 Å². The van der Waals surface area contributed by atoms with Gasteiger partial charge >= 0.3 is 6.09 Å². The molecule has 1 aliphatic heterocycles. The Morgan fingerprint density at radius 3 is 2.82 bits per heavy atom. The number of nitrogens with zero attached hydrogens (tertiary/aromatic N) is 2. The van der Waals surface area contributed by atoms with Crippen LogP contribution in [0.1, 0.15) is 34.1 Å². The van der Waals surface area contributed by atoms with E-state index in [0.29, 0.717) is 11.6 Å². The smallest absolute Gasteiger partial charge is 0.407 e. The Labute approximate surface area is 132 Å². The van der Waals surface area contributed by atoms with Crippen LogP contribution in [0.4, 0.5) is 16.2 Å². The van der Waals surface area contributed by atoms with Gasteiger partial charge in [-0.3, -0.25) is 4.98 Å². The average Bonchev–Trinajstić information content (AvgIpc) is 2.35. The SMILES string of the molecule is CC1CC(NC(=O)OC(C)(C)C)CN(c2ccncc2N)C1. The molecule has 0 spiro atoms. The summed E-state index contributed by atoms with van der Waals surface area (Å²) in [6.07, 6.45) is 3.96. The Hall–Kier alpha value is -1.98. The molecular weight excluding hydrogens is 280 g/mol. The van der Waals surface area contributed by atoms with E-state index in [1.165, 1.54) is 0 Å². The van der Waals surface area contributed by atoms with Crippen molar-refractivity contribution in [2.75, 3.05) is 23.7 Å². The van der Waals surface area contributed by atoms with Gasteiger partial charge in [-0.25, -0.2) is 4.79 Å². The molecule has 22 heavy (non-hydrogen) atoms. The number of carbonyl (C=O) groups excluding carboxylic acids is 1. The molecule has 1 amide bonds. The van der Waals surface area contributed by atoms with Gasteiger partial charge in [0.25, 0.3) is 0 Å². The van der Waals surface area contributed by atoms with Gasteiger partial charge in [0.15, 0.2) is 0 Å². The molecule has 0 bridgehead atoms. The number of hydrogen-bond donors (Lipinski definition) is 2. The number of carbonyl (C=O) groups is 1. The third kappa shape index (κ3) is 4.51. The Bertz CT molecular complexity index is 527. The minimum atomic E-state index is -0.487. The van der Waals surface area contributed by atoms with Crippen LogP contribution in [0.3, 0.4) is 0 Å². The van der Waals surface area contributed by atoms with Gasteiger partial charge in [0.05, 0.1) is 17.6 Å². The first-order valence-electron chi connectivity index (χ1n) is 7.68. The minimum Gasteiger partial charge on any atom is -0.444 e. The number of anilines is 2. The highest BCUT2D eigenvalue weighted by Gasteiger charge is 2.28. The molecule has 0 aliphatic carbocycles. The van der Waals surface area contributed by atoms with Crippen molar-refractivity contribution in [2.45, 2.75) is 45.8 Å². The van der Waals surface area contributed by atoms with Gasteiger partial charge in [-0.1, -0.05) is 6.92 Å². The summed E-state index contributed by atoms with van der Waals surface area (Å²) < 4.78 is 5.34. The number of ether oxygens (including phenoxy) is 1. The molecule has 3 N–H and O–H groups in total. The van der Waals surface area contributed by atoms with E-state index in [0.717, 1.165) is 25.2 Å². The van der Waals surface area contributed by atoms with Crippen molar-refractivity contribution in [1.82, 2.24) is 10.3 Å². The van der Waals surface area contributed by atoms with Crippen LogP contribution >= 0.6 is 0 Å². The molecule has 2 heterocycles. The second-order valence-electron chi connectivity index (χ2n) is 7.02. The number of pyridine rings is 1. The fourth-order valence-electron chi connectivity index (χ4n) is 2.81. The number of nitrogen functional groups attached to an aromatic ring is 1. The van der Waals surface area contributed by atoms with Crippen molar-refractivity contribution in [1.29, 1.82) is 0 Å². The molecule has 1 fully saturated rings. The van der Waals surface area contributed by atoms with Crippen LogP contribution in [0.25, 0.3) is 0 Å². The van der Waals surface area contributed by atoms with Gasteiger partial charge in [-0.2, -0.15) is 0 Å². The van der Waals surface area contributed by atoms with Crippen molar-refractivity contribution in [3.8, 4) is 0 Å². The molecule has 122 valence electrons. The third-order valence-corrected chi connectivity index (χ3v) is 3.55. The predicted molar refractivity (Wildman–Crippen MR) is 87.8 cm³/mol. The molecule has 0 radical (unpaired) electrons. The zero-order valence-electron chi connectivity index (χ0n) is 13.8. The molecule has 0 aromatic carbocycles. The molecule has 6 nitrogen and oxygen atoms in total. The van der Waals surface area contributed by atoms with E-state index in [1.807, 2.05) is 26.8 Å². The number of aromatic nitrogens is 1. The van der Waals surface area contributed by atoms with E-state index >= 15 is 0 Å². The molecule has 1 saturated heterocycles. The normalized spacial score (nSPS) is 22.3. The van der Waals surface area contributed by atoms with Crippen LogP contribution in [-0.4, -0.2) is 35.8 Å². The summed E-state index contributed by atoms with van der Waals surface area (Å²) in [6.45, 7) is 9.39. The second-order valence-corrected chi connectivity index (χ2v) is 7.02. The van der Waals surface area contributed by atoms with Gasteiger partial charge in [0.1, 0.15) is 5.60 Å². The number of rotatable bonds is 2. The first kappa shape index (κ1) is 16.4. The van der Waals surface area contributed by atoms with E-state index in [9.17, 15) is 4.79 Å². The zero-order valence-corrected chi connectivity index (χ0v) is 13.8. The summed E-state index contributed by atoms with van der Waals surface area (Å²) in [4.78, 5) is 18.2. The Morgan fingerprint density at radius 1 is 1.45 bits per heavy atom. The molecule has 6 heteroatoms. The highest BCUT2D eigenvalue weighted by Crippen LogP contribution is 2.27. The van der Waals surface area contributed by atoms with Crippen molar-refractivity contribution >= 4 is 17.5 Å². The highest BCUT2D eigenvalue weighted by atomic mass is 16.6. The predicted octanol–water partition coefficient (Wildman–Crippen LogP) is 2.40. The molecule has 0 saturated carbocycles. The second kappa shape index (κ2) is 6.42. The van der Waals surface area contributed by atoms with Crippen molar-refractivity contribution in [2.24, 2.45) is 5.92 Å². The Kier molecular flexibility index (Phi) is 4.78. The third-order valence-electron chi connectivity index (χ3n) is 3.55. The molecule has 1 aromatic rings. The maximum atomic E-state index is 12.0. The quantitative estimate of drug-likeness (QED) is 0.877. The van der Waals surface area contributed by atoms with Gasteiger partial charge in [-0.15, -0.1) is 0 Å². The summed E-state index contributed by atoms with van der Waals surface area (Å²) in [7, 11) is 0. The van der Waals surface area contributed by atoms with E-state index < -0.39 is 5.60 Å². The Balaban J connectivity index is 2.02. The first-order chi connectivity index (χ1) is 10.2. The standard InChI is InChI=1S/C16H26N4O2/c1-11-7-12(19-15(21)22-16(2,3)4)10-20(9-11)14-5-6-18-8-13(14)17/h5-6,8,11-12H,7,9-10,17H2,1-4H3,(H,19,21). The lowest BCUT2D eigenvalue weighted by Crippen LogP contribution is -2.51. The summed E-state index contributed by atoms with van der Waals surface area (Å²) in [5.74, 6) is 0.459. The fourth-order valence-corrected chi connectivity index (χ4v) is 2.81. The fraction of sp³-hybridized carbons (Fsp3) is 0.625. The maximum Gasteiger partial charge on any atom is 0.407 e. The topological polar surface area (TPSA) is 80.5 Å².